The van der Waals surface area contributed by atoms with E-state index in [1.807, 2.05) is 60.7 Å². The molecule has 0 saturated carbocycles. The number of carboxylic acids is 1. The monoisotopic (exact) mass is 411 g/mol. The Bertz CT molecular complexity index is 1190. The molecule has 0 aliphatic rings. The summed E-state index contributed by atoms with van der Waals surface area (Å²) in [6.07, 6.45) is 0.985. The topological polar surface area (TPSA) is 98.3 Å². The highest BCUT2D eigenvalue weighted by Crippen LogP contribution is 2.36. The van der Waals surface area contributed by atoms with Crippen LogP contribution in [0.3, 0.4) is 0 Å². The lowest BCUT2D eigenvalue weighted by Crippen LogP contribution is -2.02. The van der Waals surface area contributed by atoms with Crippen molar-refractivity contribution in [3.63, 3.8) is 0 Å². The second kappa shape index (κ2) is 8.59. The van der Waals surface area contributed by atoms with Crippen molar-refractivity contribution in [1.82, 2.24) is 9.97 Å². The first kappa shape index (κ1) is 20.0. The number of nitrogens with zero attached hydrogens (tertiary/aromatic N) is 1. The third kappa shape index (κ3) is 4.18. The van der Waals surface area contributed by atoms with Crippen LogP contribution < -0.4 is 9.84 Å². The van der Waals surface area contributed by atoms with Gasteiger partial charge in [-0.25, -0.2) is 9.78 Å². The zero-order valence-corrected chi connectivity index (χ0v) is 16.7. The molecule has 2 N–H and O–H groups in total. The molecule has 0 unspecified atom stereocenters. The maximum absolute atomic E-state index is 12.6. The number of methoxy groups -OCH3 is 1. The van der Waals surface area contributed by atoms with E-state index >= 15 is 0 Å². The fraction of sp³-hybridized carbons (Fsp3) is 0.0400. The van der Waals surface area contributed by atoms with E-state index in [1.54, 1.807) is 0 Å². The SMILES string of the molecule is COc1ccc([O-])c(/C(=C/C(=O)O)c2nc(-c3ccccc3)c(-c3ccccc3)[nH]2)c1. The van der Waals surface area contributed by atoms with Crippen LogP contribution in [0.25, 0.3) is 28.1 Å². The van der Waals surface area contributed by atoms with E-state index < -0.39 is 5.97 Å². The Morgan fingerprint density at radius 2 is 1.65 bits per heavy atom. The molecule has 4 aromatic rings. The largest absolute Gasteiger partial charge is 0.872 e. The summed E-state index contributed by atoms with van der Waals surface area (Å²) in [7, 11) is 1.48. The van der Waals surface area contributed by atoms with E-state index in [9.17, 15) is 15.0 Å². The van der Waals surface area contributed by atoms with E-state index in [0.717, 1.165) is 22.9 Å². The van der Waals surface area contributed by atoms with Crippen molar-refractivity contribution in [3.05, 3.63) is 96.3 Å². The first-order chi connectivity index (χ1) is 15.1. The molecular weight excluding hydrogens is 392 g/mol. The van der Waals surface area contributed by atoms with E-state index in [4.69, 9.17) is 9.72 Å². The Hall–Kier alpha value is -4.32. The first-order valence-corrected chi connectivity index (χ1v) is 9.58. The average molecular weight is 411 g/mol. The van der Waals surface area contributed by atoms with Gasteiger partial charge < -0.3 is 19.9 Å². The van der Waals surface area contributed by atoms with Crippen LogP contribution >= 0.6 is 0 Å². The smallest absolute Gasteiger partial charge is 0.329 e. The van der Waals surface area contributed by atoms with Gasteiger partial charge in [0.1, 0.15) is 11.6 Å². The van der Waals surface area contributed by atoms with Gasteiger partial charge in [0.2, 0.25) is 0 Å². The standard InChI is InChI=1S/C25H20N2O4/c1-31-18-12-13-21(28)19(14-18)20(15-22(29)30)25-26-23(16-8-4-2-5-9-16)24(27-25)17-10-6-3-7-11-17/h2-15,28H,1H3,(H,26,27)(H,29,30)/p-1/b20-15-. The first-order valence-electron chi connectivity index (χ1n) is 9.58. The number of ether oxygens (including phenoxy) is 1. The van der Waals surface area contributed by atoms with Gasteiger partial charge in [0.05, 0.1) is 18.5 Å². The number of carboxylic acid groups (broad SMARTS) is 1. The van der Waals surface area contributed by atoms with Gasteiger partial charge >= 0.3 is 5.97 Å². The number of aromatic nitrogens is 2. The van der Waals surface area contributed by atoms with E-state index in [0.29, 0.717) is 11.4 Å². The van der Waals surface area contributed by atoms with Gasteiger partial charge in [0.25, 0.3) is 0 Å². The normalized spacial score (nSPS) is 11.3. The summed E-state index contributed by atoms with van der Waals surface area (Å²) in [5, 5.41) is 22.1. The molecule has 0 aliphatic heterocycles. The molecular formula is C25H19N2O4-. The van der Waals surface area contributed by atoms with Gasteiger partial charge in [-0.1, -0.05) is 66.7 Å². The van der Waals surface area contributed by atoms with Crippen molar-refractivity contribution in [1.29, 1.82) is 0 Å². The summed E-state index contributed by atoms with van der Waals surface area (Å²) >= 11 is 0. The molecule has 1 heterocycles. The fourth-order valence-electron chi connectivity index (χ4n) is 3.36. The molecule has 1 aromatic heterocycles. The number of hydrogen-bond donors (Lipinski definition) is 2. The number of benzene rings is 3. The van der Waals surface area contributed by atoms with Crippen LogP contribution in [0, 0.1) is 0 Å². The Morgan fingerprint density at radius 1 is 1.00 bits per heavy atom. The lowest BCUT2D eigenvalue weighted by Gasteiger charge is -2.16. The molecule has 6 nitrogen and oxygen atoms in total. The Kier molecular flexibility index (Phi) is 5.53. The van der Waals surface area contributed by atoms with E-state index in [2.05, 4.69) is 4.98 Å². The van der Waals surface area contributed by atoms with Gasteiger partial charge in [0, 0.05) is 22.8 Å². The van der Waals surface area contributed by atoms with Crippen molar-refractivity contribution in [2.45, 2.75) is 0 Å². The Morgan fingerprint density at radius 3 is 2.26 bits per heavy atom. The number of aromatic amines is 1. The van der Waals surface area contributed by atoms with Gasteiger partial charge in [-0.2, -0.15) is 0 Å². The van der Waals surface area contributed by atoms with Gasteiger partial charge in [-0.15, -0.1) is 5.75 Å². The van der Waals surface area contributed by atoms with E-state index in [-0.39, 0.29) is 22.7 Å². The number of aliphatic carboxylic acids is 1. The van der Waals surface area contributed by atoms with Crippen molar-refractivity contribution in [3.8, 4) is 34.0 Å². The fourth-order valence-corrected chi connectivity index (χ4v) is 3.36. The zero-order chi connectivity index (χ0) is 21.8. The predicted octanol–water partition coefficient (Wildman–Crippen LogP) is 4.34. The van der Waals surface area contributed by atoms with Crippen LogP contribution in [-0.2, 0) is 4.79 Å². The van der Waals surface area contributed by atoms with Crippen LogP contribution in [0.4, 0.5) is 0 Å². The van der Waals surface area contributed by atoms with Gasteiger partial charge in [0.15, 0.2) is 0 Å². The minimum atomic E-state index is -1.18. The lowest BCUT2D eigenvalue weighted by atomic mass is 10.0. The number of imidazole rings is 1. The van der Waals surface area contributed by atoms with Crippen LogP contribution in [0.1, 0.15) is 11.4 Å². The van der Waals surface area contributed by atoms with Crippen molar-refractivity contribution in [2.75, 3.05) is 7.11 Å². The number of rotatable bonds is 6. The molecule has 3 aromatic carbocycles. The summed E-state index contributed by atoms with van der Waals surface area (Å²) in [6, 6.07) is 23.6. The number of nitrogens with one attached hydrogen (secondary N) is 1. The van der Waals surface area contributed by atoms with Crippen LogP contribution in [0.2, 0.25) is 0 Å². The minimum absolute atomic E-state index is 0.177. The number of carbonyl (C=O) groups is 1. The highest BCUT2D eigenvalue weighted by Gasteiger charge is 2.19. The van der Waals surface area contributed by atoms with Crippen LogP contribution in [-0.4, -0.2) is 28.2 Å². The molecule has 0 spiro atoms. The summed E-state index contributed by atoms with van der Waals surface area (Å²) in [5.74, 6) is -0.780. The maximum Gasteiger partial charge on any atom is 0.329 e. The number of hydrogen-bond acceptors (Lipinski definition) is 4. The molecule has 0 amide bonds. The quantitative estimate of drug-likeness (QED) is 0.460. The van der Waals surface area contributed by atoms with Crippen LogP contribution in [0.15, 0.2) is 84.9 Å². The predicted molar refractivity (Wildman–Crippen MR) is 117 cm³/mol. The third-order valence-corrected chi connectivity index (χ3v) is 4.81. The molecule has 31 heavy (non-hydrogen) atoms. The summed E-state index contributed by atoms with van der Waals surface area (Å²) in [6.45, 7) is 0. The molecule has 0 aliphatic carbocycles. The second-order valence-electron chi connectivity index (χ2n) is 6.80. The minimum Gasteiger partial charge on any atom is -0.872 e. The van der Waals surface area contributed by atoms with Crippen molar-refractivity contribution >= 4 is 11.5 Å². The third-order valence-electron chi connectivity index (χ3n) is 4.81. The maximum atomic E-state index is 12.6. The molecule has 0 saturated heterocycles. The van der Waals surface area contributed by atoms with Gasteiger partial charge in [-0.05, 0) is 17.7 Å². The van der Waals surface area contributed by atoms with Gasteiger partial charge in [-0.3, -0.25) is 0 Å². The molecule has 0 fully saturated rings. The second-order valence-corrected chi connectivity index (χ2v) is 6.80. The number of H-pyrrole nitrogens is 1. The summed E-state index contributed by atoms with van der Waals surface area (Å²) in [5.41, 5.74) is 3.52. The molecule has 0 bridgehead atoms. The van der Waals surface area contributed by atoms with Crippen molar-refractivity contribution < 1.29 is 19.7 Å². The average Bonchev–Trinajstić information content (AvgIpc) is 3.24. The molecule has 0 radical (unpaired) electrons. The molecule has 154 valence electrons. The Balaban J connectivity index is 1.95. The van der Waals surface area contributed by atoms with Crippen molar-refractivity contribution in [2.24, 2.45) is 0 Å². The zero-order valence-electron chi connectivity index (χ0n) is 16.7. The highest BCUT2D eigenvalue weighted by atomic mass is 16.5. The molecule has 0 atom stereocenters. The van der Waals surface area contributed by atoms with Crippen LogP contribution in [0.5, 0.6) is 11.5 Å². The lowest BCUT2D eigenvalue weighted by molar-refractivity contribution is -0.268. The Labute approximate surface area is 179 Å². The molecule has 4 rings (SSSR count). The van der Waals surface area contributed by atoms with E-state index in [1.165, 1.54) is 25.3 Å². The highest BCUT2D eigenvalue weighted by molar-refractivity contribution is 5.96. The summed E-state index contributed by atoms with van der Waals surface area (Å²) < 4.78 is 5.22. The summed E-state index contributed by atoms with van der Waals surface area (Å²) in [4.78, 5) is 19.6. The molecule has 6 heteroatoms.